The van der Waals surface area contributed by atoms with Gasteiger partial charge in [0.15, 0.2) is 0 Å². The van der Waals surface area contributed by atoms with Crippen LogP contribution in [0.15, 0.2) is 30.6 Å². The highest BCUT2D eigenvalue weighted by atomic mass is 16.2. The summed E-state index contributed by atoms with van der Waals surface area (Å²) in [6, 6.07) is 7.86. The molecule has 1 heterocycles. The second-order valence-corrected chi connectivity index (χ2v) is 5.89. The van der Waals surface area contributed by atoms with Crippen LogP contribution in [0.5, 0.6) is 0 Å². The molecule has 1 amide bonds. The Kier molecular flexibility index (Phi) is 3.68. The first-order chi connectivity index (χ1) is 10.1. The molecule has 21 heavy (non-hydrogen) atoms. The molecule has 1 aliphatic carbocycles. The highest BCUT2D eigenvalue weighted by Gasteiger charge is 2.33. The van der Waals surface area contributed by atoms with Crippen LogP contribution in [-0.4, -0.2) is 43.6 Å². The van der Waals surface area contributed by atoms with Crippen molar-refractivity contribution in [2.75, 3.05) is 6.54 Å². The number of tetrazole rings is 1. The lowest BCUT2D eigenvalue weighted by Crippen LogP contribution is -2.36. The minimum atomic E-state index is 0.0983. The summed E-state index contributed by atoms with van der Waals surface area (Å²) in [5.41, 5.74) is 1.49. The van der Waals surface area contributed by atoms with E-state index in [0.717, 1.165) is 25.1 Å². The number of rotatable bonds is 5. The van der Waals surface area contributed by atoms with E-state index >= 15 is 0 Å². The molecular formula is C15H19N5O. The Balaban J connectivity index is 1.85. The molecule has 1 fully saturated rings. The number of hydrogen-bond acceptors (Lipinski definition) is 4. The Hall–Kier alpha value is -2.24. The second kappa shape index (κ2) is 5.63. The van der Waals surface area contributed by atoms with Crippen LogP contribution in [0.3, 0.4) is 0 Å². The molecule has 3 rings (SSSR count). The standard InChI is InChI=1S/C15H19N5O/c1-11(2)9-19(13-6-7-13)15(21)12-4-3-5-14(8-12)20-10-16-17-18-20/h3-5,8,10-11,13H,6-7,9H2,1-2H3. The third kappa shape index (κ3) is 3.09. The molecule has 0 atom stereocenters. The summed E-state index contributed by atoms with van der Waals surface area (Å²) in [6.07, 6.45) is 3.76. The molecule has 0 bridgehead atoms. The predicted molar refractivity (Wildman–Crippen MR) is 78.1 cm³/mol. The van der Waals surface area contributed by atoms with Gasteiger partial charge in [0, 0.05) is 18.2 Å². The fourth-order valence-corrected chi connectivity index (χ4v) is 2.40. The van der Waals surface area contributed by atoms with Gasteiger partial charge in [0.05, 0.1) is 5.69 Å². The van der Waals surface area contributed by atoms with E-state index in [1.54, 1.807) is 4.68 Å². The maximum Gasteiger partial charge on any atom is 0.254 e. The van der Waals surface area contributed by atoms with E-state index in [-0.39, 0.29) is 5.91 Å². The van der Waals surface area contributed by atoms with Crippen molar-refractivity contribution >= 4 is 5.91 Å². The first kappa shape index (κ1) is 13.7. The average molecular weight is 285 g/mol. The Morgan fingerprint density at radius 1 is 1.43 bits per heavy atom. The van der Waals surface area contributed by atoms with Gasteiger partial charge in [0.25, 0.3) is 5.91 Å². The van der Waals surface area contributed by atoms with E-state index < -0.39 is 0 Å². The zero-order valence-corrected chi connectivity index (χ0v) is 12.3. The maximum atomic E-state index is 12.7. The molecular weight excluding hydrogens is 266 g/mol. The number of amides is 1. The number of hydrogen-bond donors (Lipinski definition) is 0. The Morgan fingerprint density at radius 2 is 2.24 bits per heavy atom. The zero-order valence-electron chi connectivity index (χ0n) is 12.3. The molecule has 1 aliphatic rings. The molecule has 6 nitrogen and oxygen atoms in total. The van der Waals surface area contributed by atoms with E-state index in [1.165, 1.54) is 6.33 Å². The predicted octanol–water partition coefficient (Wildman–Crippen LogP) is 1.92. The zero-order chi connectivity index (χ0) is 14.8. The van der Waals surface area contributed by atoms with Crippen LogP contribution in [0.2, 0.25) is 0 Å². The molecule has 110 valence electrons. The van der Waals surface area contributed by atoms with Gasteiger partial charge in [0.1, 0.15) is 6.33 Å². The van der Waals surface area contributed by atoms with Gasteiger partial charge in [-0.1, -0.05) is 19.9 Å². The summed E-state index contributed by atoms with van der Waals surface area (Å²) in [5.74, 6) is 0.568. The SMILES string of the molecule is CC(C)CN(C(=O)c1cccc(-n2cnnn2)c1)C1CC1. The normalized spacial score (nSPS) is 14.4. The number of nitrogens with zero attached hydrogens (tertiary/aromatic N) is 5. The summed E-state index contributed by atoms with van der Waals surface area (Å²) in [7, 11) is 0. The molecule has 2 aromatic rings. The molecule has 1 aromatic carbocycles. The number of carbonyl (C=O) groups excluding carboxylic acids is 1. The number of aromatic nitrogens is 4. The molecule has 1 saturated carbocycles. The molecule has 1 aromatic heterocycles. The van der Waals surface area contributed by atoms with Gasteiger partial charge in [-0.3, -0.25) is 4.79 Å². The maximum absolute atomic E-state index is 12.7. The molecule has 0 spiro atoms. The number of carbonyl (C=O) groups is 1. The van der Waals surface area contributed by atoms with Gasteiger partial charge in [-0.2, -0.15) is 0 Å². The van der Waals surface area contributed by atoms with Crippen molar-refractivity contribution in [3.8, 4) is 5.69 Å². The summed E-state index contributed by atoms with van der Waals surface area (Å²) < 4.78 is 1.56. The monoisotopic (exact) mass is 285 g/mol. The van der Waals surface area contributed by atoms with Crippen LogP contribution in [0.25, 0.3) is 5.69 Å². The Bertz CT molecular complexity index is 619. The molecule has 6 heteroatoms. The first-order valence-electron chi connectivity index (χ1n) is 7.29. The van der Waals surface area contributed by atoms with Crippen LogP contribution in [0.4, 0.5) is 0 Å². The molecule has 0 N–H and O–H groups in total. The van der Waals surface area contributed by atoms with Gasteiger partial charge in [0.2, 0.25) is 0 Å². The highest BCUT2D eigenvalue weighted by molar-refractivity contribution is 5.95. The minimum absolute atomic E-state index is 0.0983. The van der Waals surface area contributed by atoms with E-state index in [1.807, 2.05) is 29.2 Å². The topological polar surface area (TPSA) is 63.9 Å². The third-order valence-electron chi connectivity index (χ3n) is 3.52. The van der Waals surface area contributed by atoms with Crippen molar-refractivity contribution in [1.29, 1.82) is 0 Å². The highest BCUT2D eigenvalue weighted by Crippen LogP contribution is 2.29. The van der Waals surface area contributed by atoms with Gasteiger partial charge in [-0.15, -0.1) is 5.10 Å². The minimum Gasteiger partial charge on any atom is -0.335 e. The van der Waals surface area contributed by atoms with Crippen molar-refractivity contribution in [1.82, 2.24) is 25.1 Å². The fraction of sp³-hybridized carbons (Fsp3) is 0.467. The lowest BCUT2D eigenvalue weighted by Gasteiger charge is -2.24. The quantitative estimate of drug-likeness (QED) is 0.842. The Labute approximate surface area is 123 Å². The van der Waals surface area contributed by atoms with Crippen LogP contribution < -0.4 is 0 Å². The largest absolute Gasteiger partial charge is 0.335 e. The van der Waals surface area contributed by atoms with Gasteiger partial charge in [-0.05, 0) is 47.4 Å². The summed E-state index contributed by atoms with van der Waals surface area (Å²) >= 11 is 0. The summed E-state index contributed by atoms with van der Waals surface area (Å²) in [6.45, 7) is 5.08. The van der Waals surface area contributed by atoms with Crippen molar-refractivity contribution in [3.05, 3.63) is 36.2 Å². The third-order valence-corrected chi connectivity index (χ3v) is 3.52. The lowest BCUT2D eigenvalue weighted by atomic mass is 10.1. The molecule has 0 aliphatic heterocycles. The van der Waals surface area contributed by atoms with Crippen LogP contribution in [0, 0.1) is 5.92 Å². The number of benzene rings is 1. The molecule has 0 saturated heterocycles. The van der Waals surface area contributed by atoms with Crippen molar-refractivity contribution < 1.29 is 4.79 Å². The van der Waals surface area contributed by atoms with Gasteiger partial charge < -0.3 is 4.90 Å². The van der Waals surface area contributed by atoms with Crippen LogP contribution in [-0.2, 0) is 0 Å². The van der Waals surface area contributed by atoms with E-state index in [4.69, 9.17) is 0 Å². The Morgan fingerprint density at radius 3 is 2.86 bits per heavy atom. The summed E-state index contributed by atoms with van der Waals surface area (Å²) in [4.78, 5) is 14.8. The van der Waals surface area contributed by atoms with E-state index in [9.17, 15) is 4.79 Å². The van der Waals surface area contributed by atoms with Crippen molar-refractivity contribution in [2.24, 2.45) is 5.92 Å². The van der Waals surface area contributed by atoms with Crippen molar-refractivity contribution in [2.45, 2.75) is 32.7 Å². The summed E-state index contributed by atoms with van der Waals surface area (Å²) in [5, 5.41) is 11.1. The van der Waals surface area contributed by atoms with Gasteiger partial charge in [-0.25, -0.2) is 4.68 Å². The van der Waals surface area contributed by atoms with Crippen molar-refractivity contribution in [3.63, 3.8) is 0 Å². The van der Waals surface area contributed by atoms with Crippen LogP contribution >= 0.6 is 0 Å². The van der Waals surface area contributed by atoms with E-state index in [2.05, 4.69) is 29.4 Å². The average Bonchev–Trinajstić information content (AvgIpc) is 3.17. The van der Waals surface area contributed by atoms with E-state index in [0.29, 0.717) is 17.5 Å². The molecule has 0 unspecified atom stereocenters. The molecule has 0 radical (unpaired) electrons. The lowest BCUT2D eigenvalue weighted by molar-refractivity contribution is 0.0722. The van der Waals surface area contributed by atoms with Crippen LogP contribution in [0.1, 0.15) is 37.0 Å². The van der Waals surface area contributed by atoms with Gasteiger partial charge >= 0.3 is 0 Å². The fourth-order valence-electron chi connectivity index (χ4n) is 2.40. The second-order valence-electron chi connectivity index (χ2n) is 5.89. The smallest absolute Gasteiger partial charge is 0.254 e. The first-order valence-corrected chi connectivity index (χ1v) is 7.29.